The minimum absolute atomic E-state index is 0.0521. The normalized spacial score (nSPS) is 11.2. The highest BCUT2D eigenvalue weighted by molar-refractivity contribution is 7.14. The van der Waals surface area contributed by atoms with E-state index in [-0.39, 0.29) is 18.0 Å². The van der Waals surface area contributed by atoms with Gasteiger partial charge in [-0.2, -0.15) is 13.2 Å². The third kappa shape index (κ3) is 5.14. The quantitative estimate of drug-likeness (QED) is 0.642. The van der Waals surface area contributed by atoms with E-state index in [1.54, 1.807) is 22.9 Å². The molecule has 140 valence electrons. The Balaban J connectivity index is 1.59. The summed E-state index contributed by atoms with van der Waals surface area (Å²) in [6.07, 6.45) is -4.60. The summed E-state index contributed by atoms with van der Waals surface area (Å²) in [4.78, 5) is 28.7. The van der Waals surface area contributed by atoms with E-state index in [1.165, 1.54) is 23.5 Å². The summed E-state index contributed by atoms with van der Waals surface area (Å²) < 4.78 is 38.1. The van der Waals surface area contributed by atoms with Gasteiger partial charge >= 0.3 is 6.18 Å². The number of thiophene rings is 1. The lowest BCUT2D eigenvalue weighted by molar-refractivity contribution is -0.137. The molecular weight excluding hydrogens is 399 g/mol. The van der Waals surface area contributed by atoms with Crippen LogP contribution in [0, 0.1) is 0 Å². The zero-order chi connectivity index (χ0) is 19.4. The summed E-state index contributed by atoms with van der Waals surface area (Å²) in [6.45, 7) is 0. The number of carbonyl (C=O) groups excluding carboxylic acids is 2. The van der Waals surface area contributed by atoms with Crippen LogP contribution in [-0.2, 0) is 17.4 Å². The first-order valence-electron chi connectivity index (χ1n) is 7.57. The average Bonchev–Trinajstić information content (AvgIpc) is 3.26. The number of alkyl halides is 3. The molecular formula is C17H12F3N3O2S2. The van der Waals surface area contributed by atoms with Gasteiger partial charge in [-0.1, -0.05) is 12.1 Å². The van der Waals surface area contributed by atoms with Crippen LogP contribution in [0.5, 0.6) is 0 Å². The lowest BCUT2D eigenvalue weighted by Gasteiger charge is -2.09. The number of nitrogens with zero attached hydrogens (tertiary/aromatic N) is 1. The van der Waals surface area contributed by atoms with Gasteiger partial charge < -0.3 is 5.32 Å². The number of nitrogens with one attached hydrogen (secondary N) is 2. The maximum atomic E-state index is 12.7. The molecule has 0 aliphatic rings. The van der Waals surface area contributed by atoms with Crippen molar-refractivity contribution in [2.24, 2.45) is 0 Å². The third-order valence-electron chi connectivity index (χ3n) is 3.33. The number of amides is 2. The van der Waals surface area contributed by atoms with Crippen LogP contribution in [0.3, 0.4) is 0 Å². The fourth-order valence-electron chi connectivity index (χ4n) is 2.16. The van der Waals surface area contributed by atoms with Gasteiger partial charge in [-0.3, -0.25) is 14.9 Å². The number of aromatic nitrogens is 1. The van der Waals surface area contributed by atoms with Gasteiger partial charge in [-0.05, 0) is 29.6 Å². The van der Waals surface area contributed by atoms with Crippen LogP contribution in [0.15, 0.2) is 47.2 Å². The second-order valence-corrected chi connectivity index (χ2v) is 7.18. The fourth-order valence-corrected chi connectivity index (χ4v) is 3.48. The van der Waals surface area contributed by atoms with Crippen molar-refractivity contribution >= 4 is 45.3 Å². The number of halogens is 3. The smallest absolute Gasteiger partial charge is 0.326 e. The molecule has 10 heteroatoms. The van der Waals surface area contributed by atoms with Crippen LogP contribution < -0.4 is 10.6 Å². The lowest BCUT2D eigenvalue weighted by atomic mass is 10.2. The molecule has 0 bridgehead atoms. The van der Waals surface area contributed by atoms with Crippen molar-refractivity contribution in [2.75, 3.05) is 10.6 Å². The van der Waals surface area contributed by atoms with Crippen molar-refractivity contribution in [1.82, 2.24) is 4.98 Å². The number of hydrogen-bond donors (Lipinski definition) is 2. The topological polar surface area (TPSA) is 71.1 Å². The van der Waals surface area contributed by atoms with Gasteiger partial charge in [0, 0.05) is 11.1 Å². The Hall–Kier alpha value is -2.72. The summed E-state index contributed by atoms with van der Waals surface area (Å²) >= 11 is 2.45. The zero-order valence-corrected chi connectivity index (χ0v) is 15.2. The Morgan fingerprint density at radius 1 is 1.07 bits per heavy atom. The molecule has 2 amide bonds. The summed E-state index contributed by atoms with van der Waals surface area (Å²) in [6, 6.07) is 7.83. The summed E-state index contributed by atoms with van der Waals surface area (Å²) in [7, 11) is 0. The highest BCUT2D eigenvalue weighted by Crippen LogP contribution is 2.30. The minimum atomic E-state index is -4.48. The third-order valence-corrected chi connectivity index (χ3v) is 5.01. The molecule has 0 aliphatic carbocycles. The van der Waals surface area contributed by atoms with Gasteiger partial charge in [0.1, 0.15) is 0 Å². The first kappa shape index (κ1) is 19.1. The number of benzene rings is 1. The highest BCUT2D eigenvalue weighted by atomic mass is 32.1. The average molecular weight is 411 g/mol. The van der Waals surface area contributed by atoms with Crippen molar-refractivity contribution in [3.63, 3.8) is 0 Å². The van der Waals surface area contributed by atoms with E-state index in [4.69, 9.17) is 0 Å². The maximum Gasteiger partial charge on any atom is 0.416 e. The second-order valence-electron chi connectivity index (χ2n) is 5.38. The van der Waals surface area contributed by atoms with Crippen molar-refractivity contribution < 1.29 is 22.8 Å². The largest absolute Gasteiger partial charge is 0.416 e. The lowest BCUT2D eigenvalue weighted by Crippen LogP contribution is -2.15. The molecule has 2 N–H and O–H groups in total. The Bertz CT molecular complexity index is 952. The predicted octanol–water partition coefficient (Wildman–Crippen LogP) is 4.66. The second kappa shape index (κ2) is 7.89. The fraction of sp³-hybridized carbons (Fsp3) is 0.118. The van der Waals surface area contributed by atoms with Crippen molar-refractivity contribution in [1.29, 1.82) is 0 Å². The highest BCUT2D eigenvalue weighted by Gasteiger charge is 2.30. The van der Waals surface area contributed by atoms with Crippen LogP contribution >= 0.6 is 22.7 Å². The van der Waals surface area contributed by atoms with E-state index < -0.39 is 17.6 Å². The first-order valence-corrected chi connectivity index (χ1v) is 9.33. The number of anilines is 2. The van der Waals surface area contributed by atoms with E-state index in [0.29, 0.717) is 15.7 Å². The van der Waals surface area contributed by atoms with Gasteiger partial charge in [0.25, 0.3) is 5.91 Å². The molecule has 2 heterocycles. The number of carbonyl (C=O) groups is 2. The van der Waals surface area contributed by atoms with Crippen LogP contribution in [0.25, 0.3) is 0 Å². The van der Waals surface area contributed by atoms with E-state index in [2.05, 4.69) is 15.6 Å². The zero-order valence-electron chi connectivity index (χ0n) is 13.5. The Labute approximate surface area is 159 Å². The monoisotopic (exact) mass is 411 g/mol. The molecule has 0 radical (unpaired) electrons. The van der Waals surface area contributed by atoms with Crippen LogP contribution in [0.4, 0.5) is 24.0 Å². The van der Waals surface area contributed by atoms with E-state index in [9.17, 15) is 22.8 Å². The molecule has 2 aromatic heterocycles. The molecule has 0 saturated heterocycles. The molecule has 0 atom stereocenters. The molecule has 0 aliphatic heterocycles. The summed E-state index contributed by atoms with van der Waals surface area (Å²) in [5, 5.41) is 8.78. The van der Waals surface area contributed by atoms with Crippen LogP contribution in [0.2, 0.25) is 0 Å². The number of rotatable bonds is 5. The van der Waals surface area contributed by atoms with E-state index in [0.717, 1.165) is 23.5 Å². The molecule has 27 heavy (non-hydrogen) atoms. The van der Waals surface area contributed by atoms with Crippen LogP contribution in [-0.4, -0.2) is 16.8 Å². The number of thiazole rings is 1. The van der Waals surface area contributed by atoms with E-state index >= 15 is 0 Å². The summed E-state index contributed by atoms with van der Waals surface area (Å²) in [5.41, 5.74) is -0.380. The molecule has 0 unspecified atom stereocenters. The standard InChI is InChI=1S/C17H12F3N3O2S2/c18-17(19,20)10-3-1-4-11(7-10)21-14(24)8-12-9-27-16(22-12)23-15(25)13-5-2-6-26-13/h1-7,9H,8H2,(H,21,24)(H,22,23,25). The summed E-state index contributed by atoms with van der Waals surface area (Å²) in [5.74, 6) is -0.796. The van der Waals surface area contributed by atoms with Gasteiger partial charge in [0.05, 0.1) is 22.6 Å². The van der Waals surface area contributed by atoms with E-state index in [1.807, 2.05) is 0 Å². The van der Waals surface area contributed by atoms with Gasteiger partial charge in [0.2, 0.25) is 5.91 Å². The molecule has 5 nitrogen and oxygen atoms in total. The SMILES string of the molecule is O=C(Cc1csc(NC(=O)c2cccs2)n1)Nc1cccc(C(F)(F)F)c1. The molecule has 0 saturated carbocycles. The maximum absolute atomic E-state index is 12.7. The molecule has 1 aromatic carbocycles. The van der Waals surface area contributed by atoms with Gasteiger partial charge in [0.15, 0.2) is 5.13 Å². The van der Waals surface area contributed by atoms with Crippen molar-refractivity contribution in [3.8, 4) is 0 Å². The van der Waals surface area contributed by atoms with Crippen molar-refractivity contribution in [2.45, 2.75) is 12.6 Å². The van der Waals surface area contributed by atoms with Crippen molar-refractivity contribution in [3.05, 3.63) is 63.3 Å². The van der Waals surface area contributed by atoms with Crippen LogP contribution in [0.1, 0.15) is 20.9 Å². The molecule has 3 aromatic rings. The Kier molecular flexibility index (Phi) is 5.57. The Morgan fingerprint density at radius 2 is 1.89 bits per heavy atom. The Morgan fingerprint density at radius 3 is 2.59 bits per heavy atom. The predicted molar refractivity (Wildman–Crippen MR) is 98.2 cm³/mol. The van der Waals surface area contributed by atoms with Gasteiger partial charge in [-0.25, -0.2) is 4.98 Å². The van der Waals surface area contributed by atoms with Gasteiger partial charge in [-0.15, -0.1) is 22.7 Å². The number of hydrogen-bond acceptors (Lipinski definition) is 5. The molecule has 3 rings (SSSR count). The first-order chi connectivity index (χ1) is 12.8. The molecule has 0 fully saturated rings. The molecule has 0 spiro atoms. The minimum Gasteiger partial charge on any atom is -0.326 e.